The van der Waals surface area contributed by atoms with Crippen LogP contribution in [-0.4, -0.2) is 13.1 Å². The first-order valence-corrected chi connectivity index (χ1v) is 5.98. The molecule has 0 unspecified atom stereocenters. The van der Waals surface area contributed by atoms with Gasteiger partial charge in [-0.05, 0) is 37.8 Å². The molecule has 2 nitrogen and oxygen atoms in total. The molecule has 0 radical (unpaired) electrons. The molecule has 88 valence electrons. The molecule has 2 heteroatoms. The molecule has 1 aromatic rings. The molecule has 0 aliphatic carbocycles. The average Bonchev–Trinajstić information content (AvgIpc) is 2.33. The SMILES string of the molecule is C=C(CCc1ccccc1)NCCCCN. The van der Waals surface area contributed by atoms with Gasteiger partial charge in [0.1, 0.15) is 0 Å². The Bertz CT molecular complexity index is 293. The van der Waals surface area contributed by atoms with Crippen LogP contribution in [0.2, 0.25) is 0 Å². The van der Waals surface area contributed by atoms with E-state index in [0.717, 1.165) is 44.5 Å². The highest BCUT2D eigenvalue weighted by Crippen LogP contribution is 2.05. The van der Waals surface area contributed by atoms with Gasteiger partial charge in [-0.15, -0.1) is 0 Å². The molecule has 16 heavy (non-hydrogen) atoms. The van der Waals surface area contributed by atoms with Crippen molar-refractivity contribution in [3.63, 3.8) is 0 Å². The molecule has 0 spiro atoms. The largest absolute Gasteiger partial charge is 0.389 e. The van der Waals surface area contributed by atoms with Crippen LogP contribution in [0.25, 0.3) is 0 Å². The predicted molar refractivity (Wildman–Crippen MR) is 70.2 cm³/mol. The molecule has 0 heterocycles. The van der Waals surface area contributed by atoms with Crippen molar-refractivity contribution in [2.24, 2.45) is 5.73 Å². The Balaban J connectivity index is 2.11. The van der Waals surface area contributed by atoms with Crippen LogP contribution >= 0.6 is 0 Å². The molecule has 3 N–H and O–H groups in total. The third-order valence-corrected chi connectivity index (χ3v) is 2.56. The zero-order valence-corrected chi connectivity index (χ0v) is 9.91. The number of hydrogen-bond donors (Lipinski definition) is 2. The highest BCUT2D eigenvalue weighted by Gasteiger charge is 1.95. The summed E-state index contributed by atoms with van der Waals surface area (Å²) in [7, 11) is 0. The minimum atomic E-state index is 0.776. The number of nitrogens with one attached hydrogen (secondary N) is 1. The summed E-state index contributed by atoms with van der Waals surface area (Å²) >= 11 is 0. The number of aryl methyl sites for hydroxylation is 1. The van der Waals surface area contributed by atoms with Crippen LogP contribution in [0, 0.1) is 0 Å². The summed E-state index contributed by atoms with van der Waals surface area (Å²) in [6, 6.07) is 10.5. The Morgan fingerprint density at radius 3 is 2.62 bits per heavy atom. The van der Waals surface area contributed by atoms with E-state index in [1.807, 2.05) is 6.07 Å². The van der Waals surface area contributed by atoms with Crippen molar-refractivity contribution in [3.05, 3.63) is 48.2 Å². The second kappa shape index (κ2) is 7.94. The average molecular weight is 218 g/mol. The van der Waals surface area contributed by atoms with E-state index in [1.165, 1.54) is 5.56 Å². The van der Waals surface area contributed by atoms with E-state index in [-0.39, 0.29) is 0 Å². The quantitative estimate of drug-likeness (QED) is 0.658. The van der Waals surface area contributed by atoms with Crippen molar-refractivity contribution >= 4 is 0 Å². The lowest BCUT2D eigenvalue weighted by atomic mass is 10.1. The highest BCUT2D eigenvalue weighted by atomic mass is 14.9. The highest BCUT2D eigenvalue weighted by molar-refractivity contribution is 5.15. The predicted octanol–water partition coefficient (Wildman–Crippen LogP) is 2.46. The zero-order valence-electron chi connectivity index (χ0n) is 9.91. The van der Waals surface area contributed by atoms with Gasteiger partial charge in [0.2, 0.25) is 0 Å². The maximum atomic E-state index is 5.43. The summed E-state index contributed by atoms with van der Waals surface area (Å²) in [4.78, 5) is 0. The first-order chi connectivity index (χ1) is 7.83. The van der Waals surface area contributed by atoms with E-state index in [4.69, 9.17) is 5.73 Å². The molecule has 0 atom stereocenters. The maximum Gasteiger partial charge on any atom is 0.0144 e. The number of unbranched alkanes of at least 4 members (excludes halogenated alkanes) is 1. The molecule has 1 rings (SSSR count). The van der Waals surface area contributed by atoms with Gasteiger partial charge in [-0.1, -0.05) is 36.9 Å². The van der Waals surface area contributed by atoms with Gasteiger partial charge >= 0.3 is 0 Å². The standard InChI is InChI=1S/C14H22N2/c1-13(16-12-6-5-11-15)9-10-14-7-3-2-4-8-14/h2-4,7-8,16H,1,5-6,9-12,15H2. The third kappa shape index (κ3) is 5.56. The zero-order chi connectivity index (χ0) is 11.6. The van der Waals surface area contributed by atoms with E-state index in [1.54, 1.807) is 0 Å². The van der Waals surface area contributed by atoms with Crippen LogP contribution in [0.4, 0.5) is 0 Å². The summed E-state index contributed by atoms with van der Waals surface area (Å²) in [5.74, 6) is 0. The molecule has 0 saturated carbocycles. The lowest BCUT2D eigenvalue weighted by molar-refractivity contribution is 0.666. The Labute approximate surface area is 98.6 Å². The molecule has 0 amide bonds. The van der Waals surface area contributed by atoms with Crippen LogP contribution in [0.1, 0.15) is 24.8 Å². The van der Waals surface area contributed by atoms with Crippen molar-refractivity contribution in [3.8, 4) is 0 Å². The fourth-order valence-electron chi connectivity index (χ4n) is 1.56. The van der Waals surface area contributed by atoms with E-state index < -0.39 is 0 Å². The van der Waals surface area contributed by atoms with E-state index in [2.05, 4.69) is 36.2 Å². The van der Waals surface area contributed by atoms with Crippen LogP contribution in [-0.2, 0) is 6.42 Å². The lowest BCUT2D eigenvalue weighted by Gasteiger charge is -2.09. The molecule has 0 fully saturated rings. The summed E-state index contributed by atoms with van der Waals surface area (Å²) < 4.78 is 0. The van der Waals surface area contributed by atoms with Gasteiger partial charge in [0.25, 0.3) is 0 Å². The normalized spacial score (nSPS) is 10.1. The first-order valence-electron chi connectivity index (χ1n) is 5.98. The Hall–Kier alpha value is -1.28. The van der Waals surface area contributed by atoms with Gasteiger partial charge in [-0.25, -0.2) is 0 Å². The summed E-state index contributed by atoms with van der Waals surface area (Å²) in [5, 5.41) is 3.34. The number of allylic oxidation sites excluding steroid dienone is 1. The Kier molecular flexibility index (Phi) is 6.35. The van der Waals surface area contributed by atoms with Gasteiger partial charge in [0.15, 0.2) is 0 Å². The lowest BCUT2D eigenvalue weighted by Crippen LogP contribution is -2.15. The summed E-state index contributed by atoms with van der Waals surface area (Å²) in [6.07, 6.45) is 4.27. The van der Waals surface area contributed by atoms with Crippen molar-refractivity contribution < 1.29 is 0 Å². The fraction of sp³-hybridized carbons (Fsp3) is 0.429. The number of hydrogen-bond acceptors (Lipinski definition) is 2. The van der Waals surface area contributed by atoms with Crippen molar-refractivity contribution in [2.45, 2.75) is 25.7 Å². The van der Waals surface area contributed by atoms with Gasteiger partial charge in [-0.2, -0.15) is 0 Å². The Morgan fingerprint density at radius 1 is 1.19 bits per heavy atom. The second-order valence-electron chi connectivity index (χ2n) is 4.01. The first kappa shape index (κ1) is 12.8. The van der Waals surface area contributed by atoms with Gasteiger partial charge < -0.3 is 11.1 Å². The monoisotopic (exact) mass is 218 g/mol. The van der Waals surface area contributed by atoms with Crippen LogP contribution in [0.5, 0.6) is 0 Å². The van der Waals surface area contributed by atoms with Crippen molar-refractivity contribution in [1.29, 1.82) is 0 Å². The second-order valence-corrected chi connectivity index (χ2v) is 4.01. The maximum absolute atomic E-state index is 5.43. The fourth-order valence-corrected chi connectivity index (χ4v) is 1.56. The van der Waals surface area contributed by atoms with Crippen LogP contribution < -0.4 is 11.1 Å². The molecule has 0 bridgehead atoms. The number of nitrogens with two attached hydrogens (primary N) is 1. The van der Waals surface area contributed by atoms with E-state index in [9.17, 15) is 0 Å². The van der Waals surface area contributed by atoms with Crippen molar-refractivity contribution in [1.82, 2.24) is 5.32 Å². The van der Waals surface area contributed by atoms with E-state index in [0.29, 0.717) is 0 Å². The van der Waals surface area contributed by atoms with Crippen LogP contribution in [0.15, 0.2) is 42.6 Å². The number of benzene rings is 1. The molecule has 0 aliphatic rings. The molecule has 0 saturated heterocycles. The van der Waals surface area contributed by atoms with Gasteiger partial charge in [-0.3, -0.25) is 0 Å². The summed E-state index contributed by atoms with van der Waals surface area (Å²) in [6.45, 7) is 5.79. The molecule has 0 aromatic heterocycles. The summed E-state index contributed by atoms with van der Waals surface area (Å²) in [5.41, 5.74) is 7.92. The van der Waals surface area contributed by atoms with Gasteiger partial charge in [0.05, 0.1) is 0 Å². The smallest absolute Gasteiger partial charge is 0.0144 e. The van der Waals surface area contributed by atoms with E-state index >= 15 is 0 Å². The van der Waals surface area contributed by atoms with Crippen molar-refractivity contribution in [2.75, 3.05) is 13.1 Å². The van der Waals surface area contributed by atoms with Crippen LogP contribution in [0.3, 0.4) is 0 Å². The number of rotatable bonds is 8. The third-order valence-electron chi connectivity index (χ3n) is 2.56. The van der Waals surface area contributed by atoms with Gasteiger partial charge in [0, 0.05) is 12.2 Å². The Morgan fingerprint density at radius 2 is 1.94 bits per heavy atom. The minimum Gasteiger partial charge on any atom is -0.389 e. The molecule has 0 aliphatic heterocycles. The topological polar surface area (TPSA) is 38.0 Å². The molecular formula is C14H22N2. The molecular weight excluding hydrogens is 196 g/mol. The molecule has 1 aromatic carbocycles. The minimum absolute atomic E-state index is 0.776.